The molecule has 194 valence electrons. The molecule has 1 aromatic heterocycles. The van der Waals surface area contributed by atoms with Crippen LogP contribution >= 0.6 is 0 Å². The molecular weight excluding hydrogens is 659 g/mol. The van der Waals surface area contributed by atoms with E-state index in [9.17, 15) is 0 Å². The van der Waals surface area contributed by atoms with Gasteiger partial charge in [-0.25, -0.2) is 0 Å². The monoisotopic (exact) mass is 689 g/mol. The van der Waals surface area contributed by atoms with Crippen molar-refractivity contribution in [3.63, 3.8) is 0 Å². The number of rotatable bonds is 2. The molecule has 0 saturated carbocycles. The zero-order valence-electron chi connectivity index (χ0n) is 22.5. The van der Waals surface area contributed by atoms with Crippen molar-refractivity contribution in [2.24, 2.45) is 0 Å². The fraction of sp³-hybridized carbons (Fsp3) is 0.114. The van der Waals surface area contributed by atoms with E-state index in [0.29, 0.717) is 0 Å². The molecule has 0 N–H and O–H groups in total. The van der Waals surface area contributed by atoms with Gasteiger partial charge in [-0.2, -0.15) is 0 Å². The van der Waals surface area contributed by atoms with Crippen molar-refractivity contribution in [1.82, 2.24) is 14.1 Å². The third-order valence-corrected chi connectivity index (χ3v) is 7.00. The predicted molar refractivity (Wildman–Crippen MR) is 161 cm³/mol. The molecule has 1 aliphatic heterocycles. The van der Waals surface area contributed by atoms with E-state index in [1.54, 1.807) is 0 Å². The summed E-state index contributed by atoms with van der Waals surface area (Å²) in [5.74, 6) is 0. The Balaban J connectivity index is 0.000000157. The number of hydrogen-bond donors (Lipinski definition) is 0. The molecule has 0 bridgehead atoms. The Labute approximate surface area is 245 Å². The molecule has 0 unspecified atom stereocenters. The topological polar surface area (TPSA) is 20.1 Å². The van der Waals surface area contributed by atoms with Crippen LogP contribution in [0.1, 0.15) is 22.3 Å². The summed E-state index contributed by atoms with van der Waals surface area (Å²) in [6, 6.07) is 41.4. The molecule has 3 nitrogen and oxygen atoms in total. The summed E-state index contributed by atoms with van der Waals surface area (Å²) in [6.45, 7) is 8.58. The molecule has 5 aromatic carbocycles. The van der Waals surface area contributed by atoms with Crippen molar-refractivity contribution in [2.45, 2.75) is 27.7 Å². The maximum atomic E-state index is 4.80. The van der Waals surface area contributed by atoms with Crippen molar-refractivity contribution >= 4 is 50.6 Å². The quantitative estimate of drug-likeness (QED) is 0.131. The van der Waals surface area contributed by atoms with E-state index in [2.05, 4.69) is 116 Å². The number of fused-ring (bicyclic) bond motifs is 4. The average Bonchev–Trinajstić information content (AvgIpc) is 3.50. The van der Waals surface area contributed by atoms with Crippen LogP contribution in [-0.2, 0) is 22.4 Å². The van der Waals surface area contributed by atoms with Crippen molar-refractivity contribution < 1.29 is 22.4 Å². The van der Waals surface area contributed by atoms with Crippen LogP contribution in [0.25, 0.3) is 21.8 Å². The zero-order chi connectivity index (χ0) is 26.2. The molecule has 0 aliphatic carbocycles. The Kier molecular flexibility index (Phi) is 7.52. The van der Waals surface area contributed by atoms with Gasteiger partial charge in [0.15, 0.2) is 0 Å². The Morgan fingerprint density at radius 3 is 1.31 bits per heavy atom. The Bertz CT molecular complexity index is 1740. The van der Waals surface area contributed by atoms with Crippen LogP contribution in [0, 0.1) is 27.7 Å². The van der Waals surface area contributed by atoms with Gasteiger partial charge in [-0.1, -0.05) is 95.1 Å². The van der Waals surface area contributed by atoms with Gasteiger partial charge in [0.25, 0.3) is 11.4 Å². The second-order valence-corrected chi connectivity index (χ2v) is 10.00. The number of hydrogen-bond acceptors (Lipinski definition) is 0. The molecule has 0 radical (unpaired) electrons. The molecule has 4 heteroatoms. The molecule has 0 atom stereocenters. The van der Waals surface area contributed by atoms with Crippen molar-refractivity contribution in [1.29, 1.82) is 0 Å². The molecular formula is C35H30AuN3+2. The third kappa shape index (κ3) is 5.06. The number of aromatic nitrogens is 1. The fourth-order valence-electron chi connectivity index (χ4n) is 5.34. The van der Waals surface area contributed by atoms with Crippen LogP contribution < -0.4 is 14.1 Å². The third-order valence-electron chi connectivity index (χ3n) is 7.00. The second-order valence-electron chi connectivity index (χ2n) is 10.00. The Hall–Kier alpha value is -3.98. The van der Waals surface area contributed by atoms with Crippen LogP contribution in [0.3, 0.4) is 0 Å². The van der Waals surface area contributed by atoms with Gasteiger partial charge in [-0.05, 0) is 47.6 Å². The summed E-state index contributed by atoms with van der Waals surface area (Å²) in [6.07, 6.45) is 0. The van der Waals surface area contributed by atoms with Gasteiger partial charge < -0.3 is 4.98 Å². The number of benzene rings is 5. The first kappa shape index (κ1) is 26.6. The van der Waals surface area contributed by atoms with E-state index in [4.69, 9.17) is 4.98 Å². The van der Waals surface area contributed by atoms with Crippen molar-refractivity contribution in [3.8, 4) is 0 Å². The first-order chi connectivity index (χ1) is 18.5. The van der Waals surface area contributed by atoms with Crippen LogP contribution in [0.15, 0.2) is 109 Å². The minimum atomic E-state index is 0. The van der Waals surface area contributed by atoms with E-state index in [0.717, 1.165) is 33.8 Å². The number of para-hydroxylation sites is 4. The minimum absolute atomic E-state index is 0. The zero-order valence-corrected chi connectivity index (χ0v) is 24.7. The van der Waals surface area contributed by atoms with E-state index < -0.39 is 0 Å². The number of nitrogens with zero attached hydrogens (tertiary/aromatic N) is 3. The first-order valence-electron chi connectivity index (χ1n) is 13.0. The van der Waals surface area contributed by atoms with Gasteiger partial charge in [0.1, 0.15) is 0 Å². The molecule has 0 spiro atoms. The van der Waals surface area contributed by atoms with Crippen LogP contribution in [-0.4, -0.2) is 6.01 Å². The van der Waals surface area contributed by atoms with Gasteiger partial charge in [0.05, 0.1) is 0 Å². The maximum Gasteiger partial charge on any atom is 1.00 e. The summed E-state index contributed by atoms with van der Waals surface area (Å²) in [7, 11) is 0. The summed E-state index contributed by atoms with van der Waals surface area (Å²) in [5, 5.41) is 2.59. The van der Waals surface area contributed by atoms with Crippen molar-refractivity contribution in [2.75, 3.05) is 0 Å². The summed E-state index contributed by atoms with van der Waals surface area (Å²) in [5.41, 5.74) is 12.0. The minimum Gasteiger partial charge on any atom is -0.656 e. The molecule has 0 saturated heterocycles. The molecule has 6 aromatic rings. The fourth-order valence-corrected chi connectivity index (χ4v) is 5.34. The second kappa shape index (κ2) is 11.0. The van der Waals surface area contributed by atoms with E-state index >= 15 is 0 Å². The van der Waals surface area contributed by atoms with Gasteiger partial charge >= 0.3 is 28.4 Å². The van der Waals surface area contributed by atoms with Crippen LogP contribution in [0.5, 0.6) is 0 Å². The van der Waals surface area contributed by atoms with Gasteiger partial charge in [-0.15, -0.1) is 11.0 Å². The largest absolute Gasteiger partial charge is 1.00 e. The van der Waals surface area contributed by atoms with Crippen LogP contribution in [0.4, 0.5) is 22.7 Å². The Morgan fingerprint density at radius 1 is 0.513 bits per heavy atom. The van der Waals surface area contributed by atoms with Gasteiger partial charge in [0, 0.05) is 36.4 Å². The van der Waals surface area contributed by atoms with Gasteiger partial charge in [0.2, 0.25) is 11.4 Å². The SMILES string of the molecule is C1=[N+](c2ccccc2)c2ccccc2[N+]=1c1ccccc1.Cc1cc(C)c2[n-]c3c(C)cc(C)cc3c2c1.[Au+]. The van der Waals surface area contributed by atoms with Gasteiger partial charge in [-0.3, -0.25) is 0 Å². The smallest absolute Gasteiger partial charge is 0.656 e. The normalized spacial score (nSPS) is 11.8. The summed E-state index contributed by atoms with van der Waals surface area (Å²) < 4.78 is 4.20. The van der Waals surface area contributed by atoms with Crippen molar-refractivity contribution in [3.05, 3.63) is 131 Å². The molecule has 0 amide bonds. The van der Waals surface area contributed by atoms with E-state index in [-0.39, 0.29) is 22.4 Å². The Morgan fingerprint density at radius 2 is 0.897 bits per heavy atom. The number of aryl methyl sites for hydroxylation is 4. The van der Waals surface area contributed by atoms with E-state index in [1.165, 1.54) is 33.0 Å². The summed E-state index contributed by atoms with van der Waals surface area (Å²) >= 11 is 0. The van der Waals surface area contributed by atoms with E-state index in [1.807, 2.05) is 36.4 Å². The molecule has 0 fully saturated rings. The average molecular weight is 690 g/mol. The molecule has 7 rings (SSSR count). The molecule has 1 aliphatic rings. The first-order valence-corrected chi connectivity index (χ1v) is 13.0. The summed E-state index contributed by atoms with van der Waals surface area (Å²) in [4.78, 5) is 4.80. The molecule has 2 heterocycles. The predicted octanol–water partition coefficient (Wildman–Crippen LogP) is 8.72. The molecule has 39 heavy (non-hydrogen) atoms. The maximum absolute atomic E-state index is 4.80. The van der Waals surface area contributed by atoms with Crippen LogP contribution in [0.2, 0.25) is 0 Å². The standard InChI is InChI=1S/C19H14N2.C16H16N.Au/c1-3-9-16(10-4-1)20-15-21(17-11-5-2-6-12-17)19-14-8-7-13-18(19)20;1-9-5-11(3)15-13(7-9)14-8-10(2)6-12(4)16(14)17-15;/h1-14H;5-8H,1-4H3;/q+2;-1;+1.